The maximum Gasteiger partial charge on any atom is 0.153 e. The summed E-state index contributed by atoms with van der Waals surface area (Å²) in [6.45, 7) is 0.968. The zero-order valence-electron chi connectivity index (χ0n) is 8.79. The van der Waals surface area contributed by atoms with Gasteiger partial charge in [-0.25, -0.2) is 13.4 Å². The van der Waals surface area contributed by atoms with E-state index in [-0.39, 0.29) is 5.25 Å². The minimum absolute atomic E-state index is 0.287. The molecular formula is C10H11N3O2S. The molecule has 16 heavy (non-hydrogen) atoms. The zero-order chi connectivity index (χ0) is 11.8. The first-order valence-electron chi connectivity index (χ1n) is 4.80. The number of nitrogens with zero attached hydrogens (tertiary/aromatic N) is 3. The Morgan fingerprint density at radius 3 is 2.62 bits per heavy atom. The Kier molecular flexibility index (Phi) is 2.56. The Bertz CT molecular complexity index is 524. The Morgan fingerprint density at radius 2 is 2.19 bits per heavy atom. The fourth-order valence-electron chi connectivity index (χ4n) is 1.54. The van der Waals surface area contributed by atoms with Gasteiger partial charge in [0.25, 0.3) is 0 Å². The SMILES string of the molecule is CS(=O)(=O)C1CN(c2ccc(C#N)cn2)C1. The van der Waals surface area contributed by atoms with Gasteiger partial charge in [-0.15, -0.1) is 0 Å². The molecule has 0 unspecified atom stereocenters. The quantitative estimate of drug-likeness (QED) is 0.734. The molecule has 1 aromatic heterocycles. The average molecular weight is 237 g/mol. The molecule has 0 spiro atoms. The van der Waals surface area contributed by atoms with Crippen molar-refractivity contribution in [2.24, 2.45) is 0 Å². The lowest BCUT2D eigenvalue weighted by Gasteiger charge is -2.38. The van der Waals surface area contributed by atoms with Gasteiger partial charge in [-0.3, -0.25) is 0 Å². The number of anilines is 1. The number of sulfone groups is 1. The van der Waals surface area contributed by atoms with Crippen molar-refractivity contribution in [1.29, 1.82) is 5.26 Å². The molecule has 2 rings (SSSR count). The number of pyridine rings is 1. The number of aromatic nitrogens is 1. The maximum atomic E-state index is 11.2. The van der Waals surface area contributed by atoms with Crippen LogP contribution < -0.4 is 4.90 Å². The lowest BCUT2D eigenvalue weighted by Crippen LogP contribution is -2.54. The molecule has 1 fully saturated rings. The van der Waals surface area contributed by atoms with E-state index in [0.29, 0.717) is 18.7 Å². The van der Waals surface area contributed by atoms with Crippen molar-refractivity contribution in [2.75, 3.05) is 24.2 Å². The van der Waals surface area contributed by atoms with Crippen LogP contribution in [0.5, 0.6) is 0 Å². The third-order valence-corrected chi connectivity index (χ3v) is 4.16. The fourth-order valence-corrected chi connectivity index (χ4v) is 2.44. The predicted octanol–water partition coefficient (Wildman–Crippen LogP) is 0.186. The van der Waals surface area contributed by atoms with Crippen molar-refractivity contribution in [3.63, 3.8) is 0 Å². The van der Waals surface area contributed by atoms with Crippen LogP contribution in [0.4, 0.5) is 5.82 Å². The Balaban J connectivity index is 2.05. The molecule has 1 aromatic rings. The van der Waals surface area contributed by atoms with E-state index >= 15 is 0 Å². The molecule has 6 heteroatoms. The lowest BCUT2D eigenvalue weighted by molar-refractivity contribution is 0.544. The van der Waals surface area contributed by atoms with Crippen molar-refractivity contribution in [3.8, 4) is 6.07 Å². The molecule has 0 saturated carbocycles. The van der Waals surface area contributed by atoms with Gasteiger partial charge in [-0.2, -0.15) is 5.26 Å². The van der Waals surface area contributed by atoms with Crippen LogP contribution in [0.15, 0.2) is 18.3 Å². The van der Waals surface area contributed by atoms with E-state index in [1.54, 1.807) is 12.1 Å². The van der Waals surface area contributed by atoms with Crippen LogP contribution in [0.2, 0.25) is 0 Å². The van der Waals surface area contributed by atoms with Gasteiger partial charge < -0.3 is 4.90 Å². The molecule has 0 bridgehead atoms. The van der Waals surface area contributed by atoms with E-state index < -0.39 is 9.84 Å². The fraction of sp³-hybridized carbons (Fsp3) is 0.400. The van der Waals surface area contributed by atoms with Crippen molar-refractivity contribution in [2.45, 2.75) is 5.25 Å². The van der Waals surface area contributed by atoms with Crippen LogP contribution in [-0.2, 0) is 9.84 Å². The summed E-state index contributed by atoms with van der Waals surface area (Å²) in [4.78, 5) is 5.98. The second-order valence-corrected chi connectivity index (χ2v) is 6.20. The zero-order valence-corrected chi connectivity index (χ0v) is 9.61. The number of rotatable bonds is 2. The van der Waals surface area contributed by atoms with Crippen molar-refractivity contribution in [1.82, 2.24) is 4.98 Å². The van der Waals surface area contributed by atoms with Gasteiger partial charge in [0, 0.05) is 25.5 Å². The molecular weight excluding hydrogens is 226 g/mol. The third kappa shape index (κ3) is 1.99. The van der Waals surface area contributed by atoms with Crippen LogP contribution in [0.25, 0.3) is 0 Å². The molecule has 0 radical (unpaired) electrons. The highest BCUT2D eigenvalue weighted by Gasteiger charge is 2.34. The van der Waals surface area contributed by atoms with Crippen LogP contribution in [0, 0.1) is 11.3 Å². The number of hydrogen-bond acceptors (Lipinski definition) is 5. The molecule has 0 amide bonds. The first-order chi connectivity index (χ1) is 7.50. The van der Waals surface area contributed by atoms with E-state index in [1.807, 2.05) is 11.0 Å². The standard InChI is InChI=1S/C10H11N3O2S/c1-16(14,15)9-6-13(7-9)10-3-2-8(4-11)5-12-10/h2-3,5,9H,6-7H2,1H3. The third-order valence-electron chi connectivity index (χ3n) is 2.65. The normalized spacial score (nSPS) is 16.6. The van der Waals surface area contributed by atoms with Crippen molar-refractivity contribution < 1.29 is 8.42 Å². The van der Waals surface area contributed by atoms with Gasteiger partial charge in [-0.1, -0.05) is 0 Å². The van der Waals surface area contributed by atoms with Crippen LogP contribution in [0.1, 0.15) is 5.56 Å². The number of nitriles is 1. The van der Waals surface area contributed by atoms with Gasteiger partial charge in [0.1, 0.15) is 11.9 Å². The van der Waals surface area contributed by atoms with Crippen LogP contribution in [0.3, 0.4) is 0 Å². The molecule has 84 valence electrons. The van der Waals surface area contributed by atoms with E-state index in [0.717, 1.165) is 5.82 Å². The van der Waals surface area contributed by atoms with Crippen LogP contribution in [-0.4, -0.2) is 38.0 Å². The van der Waals surface area contributed by atoms with Crippen molar-refractivity contribution in [3.05, 3.63) is 23.9 Å². The molecule has 5 nitrogen and oxygen atoms in total. The smallest absolute Gasteiger partial charge is 0.153 e. The summed E-state index contributed by atoms with van der Waals surface area (Å²) in [7, 11) is -2.94. The minimum Gasteiger partial charge on any atom is -0.354 e. The van der Waals surface area contributed by atoms with Crippen molar-refractivity contribution >= 4 is 15.7 Å². The second kappa shape index (κ2) is 3.76. The molecule has 1 aliphatic heterocycles. The van der Waals surface area contributed by atoms with E-state index in [4.69, 9.17) is 5.26 Å². The molecule has 0 atom stereocenters. The summed E-state index contributed by atoms with van der Waals surface area (Å²) in [6, 6.07) is 5.40. The highest BCUT2D eigenvalue weighted by Crippen LogP contribution is 2.22. The monoisotopic (exact) mass is 237 g/mol. The Hall–Kier alpha value is -1.61. The molecule has 0 N–H and O–H groups in total. The summed E-state index contributed by atoms with van der Waals surface area (Å²) < 4.78 is 22.4. The molecule has 2 heterocycles. The summed E-state index contributed by atoms with van der Waals surface area (Å²) in [5.41, 5.74) is 0.504. The predicted molar refractivity (Wildman–Crippen MR) is 59.8 cm³/mol. The maximum absolute atomic E-state index is 11.2. The van der Waals surface area contributed by atoms with Gasteiger partial charge in [0.05, 0.1) is 10.8 Å². The molecule has 0 aromatic carbocycles. The lowest BCUT2D eigenvalue weighted by atomic mass is 10.2. The van der Waals surface area contributed by atoms with E-state index in [1.165, 1.54) is 12.5 Å². The van der Waals surface area contributed by atoms with Gasteiger partial charge >= 0.3 is 0 Å². The highest BCUT2D eigenvalue weighted by atomic mass is 32.2. The highest BCUT2D eigenvalue weighted by molar-refractivity contribution is 7.91. The summed E-state index contributed by atoms with van der Waals surface area (Å²) >= 11 is 0. The second-order valence-electron chi connectivity index (χ2n) is 3.87. The number of hydrogen-bond donors (Lipinski definition) is 0. The molecule has 1 aliphatic rings. The van der Waals surface area contributed by atoms with E-state index in [2.05, 4.69) is 4.98 Å². The first kappa shape index (κ1) is 10.9. The van der Waals surface area contributed by atoms with Gasteiger partial charge in [0.15, 0.2) is 9.84 Å². The molecule has 1 saturated heterocycles. The first-order valence-corrected chi connectivity index (χ1v) is 6.76. The average Bonchev–Trinajstić information content (AvgIpc) is 2.14. The van der Waals surface area contributed by atoms with E-state index in [9.17, 15) is 8.42 Å². The summed E-state index contributed by atoms with van der Waals surface area (Å²) in [5.74, 6) is 0.721. The van der Waals surface area contributed by atoms with Gasteiger partial charge in [-0.05, 0) is 12.1 Å². The Morgan fingerprint density at radius 1 is 1.50 bits per heavy atom. The van der Waals surface area contributed by atoms with Gasteiger partial charge in [0.2, 0.25) is 0 Å². The topological polar surface area (TPSA) is 74.1 Å². The molecule has 0 aliphatic carbocycles. The van der Waals surface area contributed by atoms with Crippen LogP contribution >= 0.6 is 0 Å². The summed E-state index contributed by atoms with van der Waals surface area (Å²) in [6.07, 6.45) is 2.74. The Labute approximate surface area is 94.2 Å². The largest absolute Gasteiger partial charge is 0.354 e. The minimum atomic E-state index is -2.94. The summed E-state index contributed by atoms with van der Waals surface area (Å²) in [5, 5.41) is 8.32.